The maximum atomic E-state index is 13.6. The first kappa shape index (κ1) is 19.9. The molecule has 0 aromatic heterocycles. The average molecular weight is 380 g/mol. The lowest BCUT2D eigenvalue weighted by molar-refractivity contribution is -0.118. The molecule has 0 atom stereocenters. The van der Waals surface area contributed by atoms with Gasteiger partial charge in [-0.25, -0.2) is 12.8 Å². The number of anilines is 1. The van der Waals surface area contributed by atoms with E-state index in [2.05, 4.69) is 0 Å². The van der Waals surface area contributed by atoms with Crippen molar-refractivity contribution in [1.29, 1.82) is 0 Å². The largest absolute Gasteiger partial charge is 0.495 e. The number of rotatable bonds is 7. The number of carbonyl (C=O) groups is 1. The zero-order valence-corrected chi connectivity index (χ0v) is 15.7. The number of ether oxygens (including phenoxy) is 1. The number of sulfonamides is 1. The van der Waals surface area contributed by atoms with Crippen LogP contribution in [-0.2, 0) is 14.8 Å². The summed E-state index contributed by atoms with van der Waals surface area (Å²) in [7, 11) is -1.23. The van der Waals surface area contributed by atoms with Crippen LogP contribution < -0.4 is 9.64 Å². The van der Waals surface area contributed by atoms with E-state index in [1.165, 1.54) is 18.1 Å². The number of hydrogen-bond donors (Lipinski definition) is 0. The molecule has 0 aliphatic heterocycles. The highest BCUT2D eigenvalue weighted by Gasteiger charge is 2.30. The number of benzene rings is 2. The fourth-order valence-electron chi connectivity index (χ4n) is 2.41. The molecule has 2 aromatic rings. The highest BCUT2D eigenvalue weighted by atomic mass is 32.2. The number of carbonyl (C=O) groups excluding carboxylic acids is 1. The van der Waals surface area contributed by atoms with Gasteiger partial charge in [0.2, 0.25) is 15.9 Å². The Bertz CT molecular complexity index is 872. The Kier molecular flexibility index (Phi) is 6.33. The quantitative estimate of drug-likeness (QED) is 0.740. The third-order valence-corrected chi connectivity index (χ3v) is 5.87. The molecular formula is C18H21FN2O4S. The van der Waals surface area contributed by atoms with Gasteiger partial charge in [0.25, 0.3) is 0 Å². The molecule has 0 spiro atoms. The van der Waals surface area contributed by atoms with Crippen molar-refractivity contribution >= 4 is 21.6 Å². The summed E-state index contributed by atoms with van der Waals surface area (Å²) < 4.78 is 45.4. The Morgan fingerprint density at radius 2 is 1.81 bits per heavy atom. The summed E-state index contributed by atoms with van der Waals surface area (Å²) in [5.74, 6) is -1.08. The molecule has 0 heterocycles. The van der Waals surface area contributed by atoms with Crippen LogP contribution in [0, 0.1) is 5.82 Å². The third-order valence-electron chi connectivity index (χ3n) is 3.93. The van der Waals surface area contributed by atoms with Crippen LogP contribution in [0.5, 0.6) is 5.75 Å². The van der Waals surface area contributed by atoms with Crippen molar-refractivity contribution in [3.63, 3.8) is 0 Å². The maximum absolute atomic E-state index is 13.6. The van der Waals surface area contributed by atoms with Gasteiger partial charge in [-0.05, 0) is 30.3 Å². The molecule has 0 fully saturated rings. The smallest absolute Gasteiger partial charge is 0.247 e. The van der Waals surface area contributed by atoms with Crippen LogP contribution in [0.25, 0.3) is 0 Å². The molecule has 140 valence electrons. The molecule has 0 aliphatic carbocycles. The SMILES string of the molecule is CCN(CC(=O)N(C)c1ccccc1)S(=O)(=O)c1cc(F)ccc1OC. The Balaban J connectivity index is 2.30. The minimum atomic E-state index is -4.11. The van der Waals surface area contributed by atoms with E-state index in [0.717, 1.165) is 16.4 Å². The maximum Gasteiger partial charge on any atom is 0.247 e. The lowest BCUT2D eigenvalue weighted by Gasteiger charge is -2.24. The summed E-state index contributed by atoms with van der Waals surface area (Å²) in [5, 5.41) is 0. The molecule has 0 aliphatic rings. The second kappa shape index (κ2) is 8.29. The van der Waals surface area contributed by atoms with Crippen LogP contribution in [0.15, 0.2) is 53.4 Å². The minimum absolute atomic E-state index is 0.0220. The van der Waals surface area contributed by atoms with Gasteiger partial charge in [-0.15, -0.1) is 0 Å². The third kappa shape index (κ3) is 4.20. The number of para-hydroxylation sites is 1. The standard InChI is InChI=1S/C18H21FN2O4S/c1-4-21(13-18(22)20(2)15-8-6-5-7-9-15)26(23,24)17-12-14(19)10-11-16(17)25-3/h5-12H,4,13H2,1-3H3. The molecule has 26 heavy (non-hydrogen) atoms. The fourth-order valence-corrected chi connectivity index (χ4v) is 3.98. The fraction of sp³-hybridized carbons (Fsp3) is 0.278. The van der Waals surface area contributed by atoms with Crippen molar-refractivity contribution in [2.24, 2.45) is 0 Å². The van der Waals surface area contributed by atoms with Gasteiger partial charge in [-0.1, -0.05) is 25.1 Å². The number of amides is 1. The highest BCUT2D eigenvalue weighted by molar-refractivity contribution is 7.89. The van der Waals surface area contributed by atoms with Crippen molar-refractivity contribution < 1.29 is 22.3 Å². The number of hydrogen-bond acceptors (Lipinski definition) is 4. The van der Waals surface area contributed by atoms with Gasteiger partial charge >= 0.3 is 0 Å². The molecule has 0 saturated carbocycles. The minimum Gasteiger partial charge on any atom is -0.495 e. The molecule has 6 nitrogen and oxygen atoms in total. The second-order valence-corrected chi connectivity index (χ2v) is 7.42. The second-order valence-electron chi connectivity index (χ2n) is 5.51. The topological polar surface area (TPSA) is 66.9 Å². The van der Waals surface area contributed by atoms with E-state index in [-0.39, 0.29) is 23.7 Å². The zero-order chi connectivity index (χ0) is 19.3. The summed E-state index contributed by atoms with van der Waals surface area (Å²) in [6, 6.07) is 12.1. The van der Waals surface area contributed by atoms with Crippen molar-refractivity contribution in [3.05, 3.63) is 54.3 Å². The Morgan fingerprint density at radius 1 is 1.15 bits per heavy atom. The number of nitrogens with zero attached hydrogens (tertiary/aromatic N) is 2. The van der Waals surface area contributed by atoms with Gasteiger partial charge in [0.05, 0.1) is 13.7 Å². The first-order valence-corrected chi connectivity index (χ1v) is 9.40. The number of methoxy groups -OCH3 is 1. The molecule has 0 saturated heterocycles. The van der Waals surface area contributed by atoms with Gasteiger partial charge in [0, 0.05) is 19.3 Å². The lowest BCUT2D eigenvalue weighted by Crippen LogP contribution is -2.41. The molecule has 8 heteroatoms. The first-order chi connectivity index (χ1) is 12.3. The molecule has 1 amide bonds. The van der Waals surface area contributed by atoms with Gasteiger partial charge < -0.3 is 9.64 Å². The van der Waals surface area contributed by atoms with Gasteiger partial charge in [0.1, 0.15) is 16.5 Å². The van der Waals surface area contributed by atoms with Crippen molar-refractivity contribution in [2.45, 2.75) is 11.8 Å². The van der Waals surface area contributed by atoms with E-state index in [1.807, 2.05) is 6.07 Å². The van der Waals surface area contributed by atoms with Crippen LogP contribution in [0.3, 0.4) is 0 Å². The van der Waals surface area contributed by atoms with E-state index in [4.69, 9.17) is 4.74 Å². The Labute approximate surface area is 152 Å². The molecule has 2 rings (SSSR count). The zero-order valence-electron chi connectivity index (χ0n) is 14.8. The molecule has 0 radical (unpaired) electrons. The predicted octanol–water partition coefficient (Wildman–Crippen LogP) is 2.51. The van der Waals surface area contributed by atoms with Gasteiger partial charge in [-0.2, -0.15) is 4.31 Å². The van der Waals surface area contributed by atoms with E-state index in [9.17, 15) is 17.6 Å². The summed E-state index contributed by atoms with van der Waals surface area (Å²) in [5.41, 5.74) is 0.647. The first-order valence-electron chi connectivity index (χ1n) is 7.96. The van der Waals surface area contributed by atoms with Gasteiger partial charge in [0.15, 0.2) is 0 Å². The van der Waals surface area contributed by atoms with Crippen LogP contribution >= 0.6 is 0 Å². The molecule has 0 unspecified atom stereocenters. The van der Waals surface area contributed by atoms with Crippen LogP contribution in [-0.4, -0.2) is 45.9 Å². The van der Waals surface area contributed by atoms with Crippen LogP contribution in [0.1, 0.15) is 6.92 Å². The summed E-state index contributed by atoms with van der Waals surface area (Å²) >= 11 is 0. The van der Waals surface area contributed by atoms with Gasteiger partial charge in [-0.3, -0.25) is 4.79 Å². The van der Waals surface area contributed by atoms with Crippen LogP contribution in [0.4, 0.5) is 10.1 Å². The Hall–Kier alpha value is -2.45. The summed E-state index contributed by atoms with van der Waals surface area (Å²) in [4.78, 5) is 13.6. The number of halogens is 1. The van der Waals surface area contributed by atoms with Crippen molar-refractivity contribution in [2.75, 3.05) is 32.1 Å². The Morgan fingerprint density at radius 3 is 2.38 bits per heavy atom. The normalized spacial score (nSPS) is 11.4. The lowest BCUT2D eigenvalue weighted by atomic mass is 10.3. The van der Waals surface area contributed by atoms with E-state index in [1.54, 1.807) is 38.2 Å². The van der Waals surface area contributed by atoms with E-state index in [0.29, 0.717) is 5.69 Å². The molecule has 0 N–H and O–H groups in total. The molecule has 2 aromatic carbocycles. The summed E-state index contributed by atoms with van der Waals surface area (Å²) in [6.07, 6.45) is 0. The average Bonchev–Trinajstić information content (AvgIpc) is 2.65. The van der Waals surface area contributed by atoms with E-state index < -0.39 is 21.7 Å². The predicted molar refractivity (Wildman–Crippen MR) is 97.2 cm³/mol. The van der Waals surface area contributed by atoms with E-state index >= 15 is 0 Å². The molecule has 0 bridgehead atoms. The molecular weight excluding hydrogens is 359 g/mol. The summed E-state index contributed by atoms with van der Waals surface area (Å²) in [6.45, 7) is 1.29. The van der Waals surface area contributed by atoms with Crippen molar-refractivity contribution in [3.8, 4) is 5.75 Å². The monoisotopic (exact) mass is 380 g/mol. The van der Waals surface area contributed by atoms with Crippen LogP contribution in [0.2, 0.25) is 0 Å². The number of likely N-dealkylation sites (N-methyl/N-ethyl adjacent to an activating group) is 2. The highest BCUT2D eigenvalue weighted by Crippen LogP contribution is 2.27. The van der Waals surface area contributed by atoms with Crippen molar-refractivity contribution in [1.82, 2.24) is 4.31 Å².